The predicted molar refractivity (Wildman–Crippen MR) is 147 cm³/mol. The van der Waals surface area contributed by atoms with E-state index in [0.717, 1.165) is 11.1 Å². The van der Waals surface area contributed by atoms with Gasteiger partial charge in [0.15, 0.2) is 11.5 Å². The number of pyridine rings is 1. The number of ether oxygens (including phenoxy) is 3. The van der Waals surface area contributed by atoms with Crippen molar-refractivity contribution in [3.8, 4) is 17.2 Å². The van der Waals surface area contributed by atoms with Crippen LogP contribution in [0.5, 0.6) is 17.2 Å². The molecule has 2 aliphatic heterocycles. The first-order valence-electron chi connectivity index (χ1n) is 12.9. The number of carbonyl (C=O) groups is 2. The molecule has 8 heteroatoms. The fourth-order valence-electron chi connectivity index (χ4n) is 4.94. The molecule has 1 fully saturated rings. The van der Waals surface area contributed by atoms with E-state index in [9.17, 15) is 14.7 Å². The average Bonchev–Trinajstić information content (AvgIpc) is 3.25. The van der Waals surface area contributed by atoms with Gasteiger partial charge in [0.1, 0.15) is 31.3 Å². The van der Waals surface area contributed by atoms with Gasteiger partial charge in [0, 0.05) is 24.5 Å². The van der Waals surface area contributed by atoms with Gasteiger partial charge in [-0.15, -0.1) is 0 Å². The summed E-state index contributed by atoms with van der Waals surface area (Å²) < 4.78 is 17.3. The number of Topliss-reactive ketones (excluding diaryl/α,β-unsaturated/α-hetero) is 1. The van der Waals surface area contributed by atoms with Crippen molar-refractivity contribution in [3.05, 3.63) is 125 Å². The molecule has 1 saturated heterocycles. The molecule has 2 aliphatic rings. The van der Waals surface area contributed by atoms with Gasteiger partial charge < -0.3 is 24.2 Å². The molecule has 8 nitrogen and oxygen atoms in total. The first-order chi connectivity index (χ1) is 19.6. The Balaban J connectivity index is 1.41. The van der Waals surface area contributed by atoms with Crippen LogP contribution < -0.4 is 14.2 Å². The van der Waals surface area contributed by atoms with E-state index in [4.69, 9.17) is 14.2 Å². The third-order valence-corrected chi connectivity index (χ3v) is 6.85. The van der Waals surface area contributed by atoms with Gasteiger partial charge >= 0.3 is 0 Å². The van der Waals surface area contributed by atoms with E-state index in [1.54, 1.807) is 42.7 Å². The average molecular weight is 535 g/mol. The van der Waals surface area contributed by atoms with Crippen LogP contribution in [0.25, 0.3) is 5.76 Å². The number of aliphatic hydroxyl groups excluding tert-OH is 1. The maximum Gasteiger partial charge on any atom is 0.295 e. The number of aliphatic hydroxyl groups is 1. The summed E-state index contributed by atoms with van der Waals surface area (Å²) >= 11 is 0. The number of aromatic nitrogens is 1. The second-order valence-corrected chi connectivity index (χ2v) is 9.49. The summed E-state index contributed by atoms with van der Waals surface area (Å²) in [6.07, 6.45) is 3.29. The standard InChI is InChI=1S/C32H26N2O6/c35-30(24-11-12-26-27(17-24)39-15-14-38-26)28-29(34(32(37)31(28)36)19-22-8-5-13-33-18-22)23-9-4-10-25(16-23)40-20-21-6-2-1-3-7-21/h1-13,16-18,29,35H,14-15,19-20H2/b30-28+/t29-/m0/s1. The molecular weight excluding hydrogens is 508 g/mol. The van der Waals surface area contributed by atoms with E-state index < -0.39 is 17.7 Å². The molecule has 200 valence electrons. The lowest BCUT2D eigenvalue weighted by molar-refractivity contribution is -0.140. The summed E-state index contributed by atoms with van der Waals surface area (Å²) in [5, 5.41) is 11.5. The number of carbonyl (C=O) groups excluding carboxylic acids is 2. The molecule has 1 N–H and O–H groups in total. The van der Waals surface area contributed by atoms with E-state index in [1.165, 1.54) is 4.90 Å². The lowest BCUT2D eigenvalue weighted by Crippen LogP contribution is -2.29. The first kappa shape index (κ1) is 25.2. The highest BCUT2D eigenvalue weighted by atomic mass is 16.6. The molecule has 3 aromatic carbocycles. The normalized spacial score (nSPS) is 17.6. The number of nitrogens with zero attached hydrogens (tertiary/aromatic N) is 2. The van der Waals surface area contributed by atoms with E-state index in [-0.39, 0.29) is 17.9 Å². The van der Waals surface area contributed by atoms with Crippen molar-refractivity contribution in [2.24, 2.45) is 0 Å². The molecule has 0 unspecified atom stereocenters. The summed E-state index contributed by atoms with van der Waals surface area (Å²) in [4.78, 5) is 32.5. The highest BCUT2D eigenvalue weighted by Crippen LogP contribution is 2.42. The zero-order valence-electron chi connectivity index (χ0n) is 21.5. The van der Waals surface area contributed by atoms with Crippen molar-refractivity contribution in [1.29, 1.82) is 0 Å². The number of fused-ring (bicyclic) bond motifs is 1. The van der Waals surface area contributed by atoms with Crippen molar-refractivity contribution in [2.75, 3.05) is 13.2 Å². The molecule has 0 radical (unpaired) electrons. The molecule has 1 atom stereocenters. The quantitative estimate of drug-likeness (QED) is 0.201. The highest BCUT2D eigenvalue weighted by molar-refractivity contribution is 6.46. The minimum atomic E-state index is -0.853. The second kappa shape index (κ2) is 10.9. The minimum Gasteiger partial charge on any atom is -0.507 e. The predicted octanol–water partition coefficient (Wildman–Crippen LogP) is 5.05. The van der Waals surface area contributed by atoms with Crippen LogP contribution in [0.15, 0.2) is 103 Å². The number of hydrogen-bond donors (Lipinski definition) is 1. The molecule has 6 rings (SSSR count). The van der Waals surface area contributed by atoms with E-state index in [0.29, 0.717) is 48.2 Å². The van der Waals surface area contributed by atoms with Gasteiger partial charge in [0.05, 0.1) is 11.6 Å². The Labute approximate surface area is 231 Å². The van der Waals surface area contributed by atoms with Crippen molar-refractivity contribution in [2.45, 2.75) is 19.2 Å². The summed E-state index contributed by atoms with van der Waals surface area (Å²) in [5.41, 5.74) is 2.74. The van der Waals surface area contributed by atoms with Crippen LogP contribution in [-0.4, -0.2) is 39.9 Å². The Morgan fingerprint density at radius 3 is 2.50 bits per heavy atom. The van der Waals surface area contributed by atoms with Gasteiger partial charge in [-0.3, -0.25) is 14.6 Å². The van der Waals surface area contributed by atoms with E-state index in [2.05, 4.69) is 4.98 Å². The van der Waals surface area contributed by atoms with Gasteiger partial charge in [0.2, 0.25) is 0 Å². The van der Waals surface area contributed by atoms with Gasteiger partial charge in [0.25, 0.3) is 11.7 Å². The molecular formula is C32H26N2O6. The summed E-state index contributed by atoms with van der Waals surface area (Å²) in [5.74, 6) is -0.162. The zero-order valence-corrected chi connectivity index (χ0v) is 21.5. The highest BCUT2D eigenvalue weighted by Gasteiger charge is 2.46. The van der Waals surface area contributed by atoms with Gasteiger partial charge in [-0.1, -0.05) is 48.5 Å². The largest absolute Gasteiger partial charge is 0.507 e. The molecule has 40 heavy (non-hydrogen) atoms. The van der Waals surface area contributed by atoms with Crippen molar-refractivity contribution >= 4 is 17.4 Å². The van der Waals surface area contributed by atoms with Crippen molar-refractivity contribution in [1.82, 2.24) is 9.88 Å². The van der Waals surface area contributed by atoms with Crippen LogP contribution in [0, 0.1) is 0 Å². The van der Waals surface area contributed by atoms with Crippen LogP contribution in [-0.2, 0) is 22.7 Å². The third-order valence-electron chi connectivity index (χ3n) is 6.85. The van der Waals surface area contributed by atoms with Crippen molar-refractivity contribution < 1.29 is 28.9 Å². The summed E-state index contributed by atoms with van der Waals surface area (Å²) in [6.45, 7) is 1.30. The Bertz CT molecular complexity index is 1590. The van der Waals surface area contributed by atoms with Gasteiger partial charge in [-0.2, -0.15) is 0 Å². The van der Waals surface area contributed by atoms with Crippen LogP contribution >= 0.6 is 0 Å². The number of hydrogen-bond acceptors (Lipinski definition) is 7. The number of rotatable bonds is 7. The lowest BCUT2D eigenvalue weighted by atomic mass is 9.95. The number of likely N-dealkylation sites (tertiary alicyclic amines) is 1. The van der Waals surface area contributed by atoms with Crippen LogP contribution in [0.2, 0.25) is 0 Å². The smallest absolute Gasteiger partial charge is 0.295 e. The zero-order chi connectivity index (χ0) is 27.5. The Kier molecular flexibility index (Phi) is 6.89. The number of benzene rings is 3. The third kappa shape index (κ3) is 4.99. The summed E-state index contributed by atoms with van der Waals surface area (Å²) in [7, 11) is 0. The van der Waals surface area contributed by atoms with Crippen LogP contribution in [0.3, 0.4) is 0 Å². The van der Waals surface area contributed by atoms with Crippen LogP contribution in [0.4, 0.5) is 0 Å². The Hall–Kier alpha value is -5.11. The molecule has 3 heterocycles. The Morgan fingerprint density at radius 1 is 0.900 bits per heavy atom. The maximum atomic E-state index is 13.5. The fourth-order valence-corrected chi connectivity index (χ4v) is 4.94. The molecule has 4 aromatic rings. The summed E-state index contributed by atoms with van der Waals surface area (Å²) in [6, 6.07) is 24.7. The fraction of sp³-hybridized carbons (Fsp3) is 0.156. The lowest BCUT2D eigenvalue weighted by Gasteiger charge is -2.26. The maximum absolute atomic E-state index is 13.5. The molecule has 0 bridgehead atoms. The van der Waals surface area contributed by atoms with E-state index >= 15 is 0 Å². The molecule has 0 aliphatic carbocycles. The monoisotopic (exact) mass is 534 g/mol. The minimum absolute atomic E-state index is 0.00854. The molecule has 0 spiro atoms. The number of ketones is 1. The molecule has 1 amide bonds. The first-order valence-corrected chi connectivity index (χ1v) is 12.9. The van der Waals surface area contributed by atoms with Gasteiger partial charge in [-0.05, 0) is 53.1 Å². The SMILES string of the molecule is O=C1C(=O)N(Cc2cccnc2)[C@@H](c2cccc(OCc3ccccc3)c2)/C1=C(\O)c1ccc2c(c1)OCCO2. The second-order valence-electron chi connectivity index (χ2n) is 9.49. The number of amides is 1. The molecule has 1 aromatic heterocycles. The van der Waals surface area contributed by atoms with Crippen LogP contribution in [0.1, 0.15) is 28.3 Å². The van der Waals surface area contributed by atoms with Crippen molar-refractivity contribution in [3.63, 3.8) is 0 Å². The van der Waals surface area contributed by atoms with Gasteiger partial charge in [-0.25, -0.2) is 0 Å². The Morgan fingerprint density at radius 2 is 1.70 bits per heavy atom. The topological polar surface area (TPSA) is 98.2 Å². The molecule has 0 saturated carbocycles. The van der Waals surface area contributed by atoms with E-state index in [1.807, 2.05) is 54.6 Å².